The highest BCUT2D eigenvalue weighted by Crippen LogP contribution is 2.28. The fourth-order valence-electron chi connectivity index (χ4n) is 3.36. The Morgan fingerprint density at radius 2 is 1.65 bits per heavy atom. The smallest absolute Gasteiger partial charge is 0.142 e. The van der Waals surface area contributed by atoms with E-state index in [4.69, 9.17) is 9.47 Å². The van der Waals surface area contributed by atoms with E-state index >= 15 is 0 Å². The summed E-state index contributed by atoms with van der Waals surface area (Å²) in [5.74, 6) is 2.00. The lowest BCUT2D eigenvalue weighted by Gasteiger charge is -2.36. The van der Waals surface area contributed by atoms with Gasteiger partial charge in [-0.3, -0.25) is 4.90 Å². The first-order chi connectivity index (χ1) is 12.7. The van der Waals surface area contributed by atoms with Gasteiger partial charge in [-0.25, -0.2) is 0 Å². The van der Waals surface area contributed by atoms with Gasteiger partial charge in [0.15, 0.2) is 0 Å². The van der Waals surface area contributed by atoms with Crippen molar-refractivity contribution in [1.29, 1.82) is 0 Å². The van der Waals surface area contributed by atoms with E-state index in [1.54, 1.807) is 0 Å². The van der Waals surface area contributed by atoms with Crippen LogP contribution in [0.3, 0.4) is 0 Å². The van der Waals surface area contributed by atoms with Gasteiger partial charge < -0.3 is 14.4 Å². The minimum atomic E-state index is 0.701. The van der Waals surface area contributed by atoms with Gasteiger partial charge in [-0.15, -0.1) is 0 Å². The average molecular weight is 354 g/mol. The van der Waals surface area contributed by atoms with Crippen LogP contribution < -0.4 is 14.4 Å². The third-order valence-corrected chi connectivity index (χ3v) is 4.89. The van der Waals surface area contributed by atoms with Crippen molar-refractivity contribution in [3.8, 4) is 11.5 Å². The number of para-hydroxylation sites is 2. The Balaban J connectivity index is 1.48. The molecule has 0 aromatic heterocycles. The van der Waals surface area contributed by atoms with E-state index in [9.17, 15) is 0 Å². The van der Waals surface area contributed by atoms with Crippen molar-refractivity contribution in [2.75, 3.05) is 50.8 Å². The van der Waals surface area contributed by atoms with Crippen LogP contribution in [-0.2, 0) is 0 Å². The van der Waals surface area contributed by atoms with Gasteiger partial charge in [0.2, 0.25) is 0 Å². The summed E-state index contributed by atoms with van der Waals surface area (Å²) in [5.41, 5.74) is 3.65. The van der Waals surface area contributed by atoms with Gasteiger partial charge in [-0.1, -0.05) is 24.3 Å². The normalized spacial score (nSPS) is 15.1. The molecule has 26 heavy (non-hydrogen) atoms. The number of nitrogens with zero attached hydrogens (tertiary/aromatic N) is 2. The summed E-state index contributed by atoms with van der Waals surface area (Å²) in [7, 11) is 0. The Hall–Kier alpha value is -2.20. The van der Waals surface area contributed by atoms with E-state index in [1.165, 1.54) is 16.8 Å². The first-order valence-electron chi connectivity index (χ1n) is 9.56. The Labute approximate surface area is 157 Å². The van der Waals surface area contributed by atoms with E-state index in [0.29, 0.717) is 6.61 Å². The molecule has 4 nitrogen and oxygen atoms in total. The van der Waals surface area contributed by atoms with Crippen LogP contribution in [0.1, 0.15) is 18.1 Å². The van der Waals surface area contributed by atoms with E-state index in [-0.39, 0.29) is 0 Å². The Morgan fingerprint density at radius 3 is 2.42 bits per heavy atom. The van der Waals surface area contributed by atoms with Crippen molar-refractivity contribution < 1.29 is 9.47 Å². The molecule has 1 aliphatic heterocycles. The first-order valence-corrected chi connectivity index (χ1v) is 9.56. The molecule has 1 saturated heterocycles. The summed E-state index contributed by atoms with van der Waals surface area (Å²) in [6, 6.07) is 14.7. The average Bonchev–Trinajstić information content (AvgIpc) is 2.66. The fraction of sp³-hybridized carbons (Fsp3) is 0.455. The van der Waals surface area contributed by atoms with Crippen LogP contribution in [0.5, 0.6) is 11.5 Å². The van der Waals surface area contributed by atoms with Gasteiger partial charge in [-0.2, -0.15) is 0 Å². The van der Waals surface area contributed by atoms with Crippen LogP contribution >= 0.6 is 0 Å². The third kappa shape index (κ3) is 4.70. The summed E-state index contributed by atoms with van der Waals surface area (Å²) in [5, 5.41) is 0. The molecular weight excluding hydrogens is 324 g/mol. The van der Waals surface area contributed by atoms with Gasteiger partial charge in [0.05, 0.1) is 12.3 Å². The highest BCUT2D eigenvalue weighted by molar-refractivity contribution is 5.58. The Morgan fingerprint density at radius 1 is 0.885 bits per heavy atom. The minimum Gasteiger partial charge on any atom is -0.492 e. The lowest BCUT2D eigenvalue weighted by molar-refractivity contribution is 0.199. The summed E-state index contributed by atoms with van der Waals surface area (Å²) >= 11 is 0. The largest absolute Gasteiger partial charge is 0.492 e. The maximum atomic E-state index is 6.01. The molecule has 0 radical (unpaired) electrons. The molecule has 2 aromatic rings. The molecule has 4 heteroatoms. The molecule has 140 valence electrons. The molecule has 0 atom stereocenters. The molecule has 1 heterocycles. The lowest BCUT2D eigenvalue weighted by atomic mass is 10.1. The van der Waals surface area contributed by atoms with Gasteiger partial charge in [0.1, 0.15) is 18.1 Å². The van der Waals surface area contributed by atoms with Crippen LogP contribution in [0.2, 0.25) is 0 Å². The van der Waals surface area contributed by atoms with Gasteiger partial charge in [0.25, 0.3) is 0 Å². The summed E-state index contributed by atoms with van der Waals surface area (Å²) in [4.78, 5) is 4.90. The molecule has 2 aromatic carbocycles. The zero-order chi connectivity index (χ0) is 18.4. The predicted octanol–water partition coefficient (Wildman–Crippen LogP) is 3.90. The van der Waals surface area contributed by atoms with Crippen molar-refractivity contribution in [1.82, 2.24) is 4.90 Å². The van der Waals surface area contributed by atoms with E-state index in [1.807, 2.05) is 13.0 Å². The number of rotatable bonds is 7. The summed E-state index contributed by atoms with van der Waals surface area (Å²) in [6.07, 6.45) is 0. The Bertz CT molecular complexity index is 709. The molecule has 0 amide bonds. The number of piperazine rings is 1. The molecule has 0 spiro atoms. The van der Waals surface area contributed by atoms with Crippen LogP contribution in [0.15, 0.2) is 42.5 Å². The zero-order valence-electron chi connectivity index (χ0n) is 16.2. The maximum Gasteiger partial charge on any atom is 0.142 e. The number of anilines is 1. The van der Waals surface area contributed by atoms with Crippen molar-refractivity contribution in [2.45, 2.75) is 20.8 Å². The maximum absolute atomic E-state index is 6.01. The molecule has 0 N–H and O–H groups in total. The summed E-state index contributed by atoms with van der Waals surface area (Å²) in [6.45, 7) is 12.8. The van der Waals surface area contributed by atoms with Crippen LogP contribution in [-0.4, -0.2) is 50.8 Å². The summed E-state index contributed by atoms with van der Waals surface area (Å²) < 4.78 is 11.8. The fourth-order valence-corrected chi connectivity index (χ4v) is 3.36. The minimum absolute atomic E-state index is 0.701. The van der Waals surface area contributed by atoms with E-state index < -0.39 is 0 Å². The van der Waals surface area contributed by atoms with Crippen molar-refractivity contribution in [3.05, 3.63) is 53.6 Å². The van der Waals surface area contributed by atoms with Crippen molar-refractivity contribution in [3.63, 3.8) is 0 Å². The number of hydrogen-bond donors (Lipinski definition) is 0. The van der Waals surface area contributed by atoms with E-state index in [0.717, 1.165) is 50.8 Å². The molecular formula is C22H30N2O2. The monoisotopic (exact) mass is 354 g/mol. The standard InChI is InChI=1S/C22H30N2O2/c1-4-25-21-8-6-5-7-20(21)24-13-11-23(12-14-24)15-16-26-22-17-18(2)9-10-19(22)3/h5-10,17H,4,11-16H2,1-3H3. The zero-order valence-corrected chi connectivity index (χ0v) is 16.2. The molecule has 3 rings (SSSR count). The van der Waals surface area contributed by atoms with E-state index in [2.05, 4.69) is 60.0 Å². The second kappa shape index (κ2) is 8.95. The molecule has 0 unspecified atom stereocenters. The molecule has 0 saturated carbocycles. The van der Waals surface area contributed by atoms with Gasteiger partial charge in [-0.05, 0) is 50.1 Å². The molecule has 0 aliphatic carbocycles. The number of benzene rings is 2. The predicted molar refractivity (Wildman–Crippen MR) is 108 cm³/mol. The second-order valence-corrected chi connectivity index (χ2v) is 6.85. The van der Waals surface area contributed by atoms with Crippen molar-refractivity contribution in [2.24, 2.45) is 0 Å². The van der Waals surface area contributed by atoms with Crippen LogP contribution in [0, 0.1) is 13.8 Å². The SMILES string of the molecule is CCOc1ccccc1N1CCN(CCOc2cc(C)ccc2C)CC1. The van der Waals surface area contributed by atoms with Crippen LogP contribution in [0.25, 0.3) is 0 Å². The Kier molecular flexibility index (Phi) is 6.40. The molecule has 0 bridgehead atoms. The third-order valence-electron chi connectivity index (χ3n) is 4.89. The highest BCUT2D eigenvalue weighted by Gasteiger charge is 2.19. The molecule has 1 aliphatic rings. The molecule has 1 fully saturated rings. The lowest BCUT2D eigenvalue weighted by Crippen LogP contribution is -2.47. The van der Waals surface area contributed by atoms with Crippen LogP contribution in [0.4, 0.5) is 5.69 Å². The number of aryl methyl sites for hydroxylation is 2. The highest BCUT2D eigenvalue weighted by atomic mass is 16.5. The van der Waals surface area contributed by atoms with Gasteiger partial charge in [0, 0.05) is 32.7 Å². The second-order valence-electron chi connectivity index (χ2n) is 6.85. The first kappa shape index (κ1) is 18.6. The van der Waals surface area contributed by atoms with Crippen molar-refractivity contribution >= 4 is 5.69 Å². The van der Waals surface area contributed by atoms with Gasteiger partial charge >= 0.3 is 0 Å². The number of hydrogen-bond acceptors (Lipinski definition) is 4. The topological polar surface area (TPSA) is 24.9 Å². The quantitative estimate of drug-likeness (QED) is 0.753. The number of ether oxygens (including phenoxy) is 2.